The number of likely N-dealkylation sites (tertiary alicyclic amines) is 1. The van der Waals surface area contributed by atoms with Crippen LogP contribution in [0.3, 0.4) is 0 Å². The van der Waals surface area contributed by atoms with E-state index in [1.807, 2.05) is 13.8 Å². The first-order valence-electron chi connectivity index (χ1n) is 6.27. The maximum Gasteiger partial charge on any atom is 0.371 e. The fraction of sp³-hybridized carbons (Fsp3) is 0.538. The third kappa shape index (κ3) is 2.89. The Morgan fingerprint density at radius 3 is 2.74 bits per heavy atom. The molecular weight excluding hydrogens is 248 g/mol. The van der Waals surface area contributed by atoms with Crippen LogP contribution in [0, 0.1) is 0 Å². The quantitative estimate of drug-likeness (QED) is 0.877. The number of nitrogens with one attached hydrogen (secondary N) is 1. The number of carbonyl (C=O) groups is 2. The molecule has 0 bridgehead atoms. The summed E-state index contributed by atoms with van der Waals surface area (Å²) >= 11 is 0. The lowest BCUT2D eigenvalue weighted by molar-refractivity contribution is 0.0660. The zero-order valence-electron chi connectivity index (χ0n) is 11.1. The fourth-order valence-electron chi connectivity index (χ4n) is 2.33. The van der Waals surface area contributed by atoms with Crippen LogP contribution in [0.25, 0.3) is 0 Å². The normalized spacial score (nSPS) is 17.5. The second kappa shape index (κ2) is 4.95. The van der Waals surface area contributed by atoms with Gasteiger partial charge in [0.25, 0.3) is 0 Å². The van der Waals surface area contributed by atoms with E-state index in [-0.39, 0.29) is 23.9 Å². The van der Waals surface area contributed by atoms with E-state index in [1.54, 1.807) is 11.0 Å². The van der Waals surface area contributed by atoms with Gasteiger partial charge >= 0.3 is 12.0 Å². The number of hydrogen-bond acceptors (Lipinski definition) is 3. The largest absolute Gasteiger partial charge is 0.475 e. The number of aromatic carboxylic acids is 1. The van der Waals surface area contributed by atoms with Crippen molar-refractivity contribution in [3.63, 3.8) is 0 Å². The van der Waals surface area contributed by atoms with E-state index in [0.717, 1.165) is 19.4 Å². The molecule has 6 heteroatoms. The van der Waals surface area contributed by atoms with Crippen LogP contribution in [0.1, 0.15) is 43.0 Å². The number of rotatable bonds is 3. The molecule has 0 spiro atoms. The molecule has 1 aromatic rings. The lowest BCUT2D eigenvalue weighted by Gasteiger charge is -2.31. The molecule has 1 saturated heterocycles. The first-order chi connectivity index (χ1) is 8.90. The van der Waals surface area contributed by atoms with Crippen molar-refractivity contribution < 1.29 is 19.1 Å². The van der Waals surface area contributed by atoms with Crippen LogP contribution in [-0.2, 0) is 6.54 Å². The van der Waals surface area contributed by atoms with Crippen LogP contribution >= 0.6 is 0 Å². The minimum Gasteiger partial charge on any atom is -0.475 e. The first kappa shape index (κ1) is 13.5. The van der Waals surface area contributed by atoms with E-state index >= 15 is 0 Å². The molecule has 1 aliphatic heterocycles. The molecule has 0 atom stereocenters. The Morgan fingerprint density at radius 2 is 2.21 bits per heavy atom. The number of amides is 2. The zero-order chi connectivity index (χ0) is 14.0. The molecule has 2 rings (SSSR count). The van der Waals surface area contributed by atoms with Crippen LogP contribution in [0.2, 0.25) is 0 Å². The number of hydrogen-bond donors (Lipinski definition) is 2. The highest BCUT2D eigenvalue weighted by atomic mass is 16.4. The third-order valence-corrected chi connectivity index (χ3v) is 3.43. The summed E-state index contributed by atoms with van der Waals surface area (Å²) in [6, 6.07) is 2.79. The summed E-state index contributed by atoms with van der Waals surface area (Å²) in [5.41, 5.74) is -0.126. The van der Waals surface area contributed by atoms with E-state index in [1.165, 1.54) is 6.07 Å². The van der Waals surface area contributed by atoms with Crippen molar-refractivity contribution in [1.29, 1.82) is 0 Å². The highest BCUT2D eigenvalue weighted by Crippen LogP contribution is 2.27. The molecule has 1 aromatic heterocycles. The van der Waals surface area contributed by atoms with Gasteiger partial charge in [0.15, 0.2) is 0 Å². The molecule has 1 fully saturated rings. The average Bonchev–Trinajstić information content (AvgIpc) is 2.92. The molecule has 6 nitrogen and oxygen atoms in total. The third-order valence-electron chi connectivity index (χ3n) is 3.43. The van der Waals surface area contributed by atoms with Gasteiger partial charge in [-0.15, -0.1) is 0 Å². The molecule has 2 amide bonds. The predicted molar refractivity (Wildman–Crippen MR) is 67.9 cm³/mol. The molecule has 0 unspecified atom stereocenters. The van der Waals surface area contributed by atoms with Gasteiger partial charge in [-0.3, -0.25) is 0 Å². The van der Waals surface area contributed by atoms with Crippen LogP contribution in [0.15, 0.2) is 16.5 Å². The Bertz CT molecular complexity index is 493. The standard InChI is InChI=1S/C13H18N2O4/c1-13(2)6-3-7-15(13)12(18)14-8-9-4-5-10(19-9)11(16)17/h4-5H,3,6-8H2,1-2H3,(H,14,18)(H,16,17). The van der Waals surface area contributed by atoms with Crippen molar-refractivity contribution in [2.75, 3.05) is 6.54 Å². The van der Waals surface area contributed by atoms with Gasteiger partial charge in [-0.2, -0.15) is 0 Å². The van der Waals surface area contributed by atoms with Crippen molar-refractivity contribution in [2.45, 2.75) is 38.8 Å². The van der Waals surface area contributed by atoms with Crippen molar-refractivity contribution in [3.05, 3.63) is 23.7 Å². The monoisotopic (exact) mass is 266 g/mol. The first-order valence-corrected chi connectivity index (χ1v) is 6.27. The van der Waals surface area contributed by atoms with Crippen LogP contribution in [0.4, 0.5) is 4.79 Å². The van der Waals surface area contributed by atoms with Crippen LogP contribution in [-0.4, -0.2) is 34.1 Å². The lowest BCUT2D eigenvalue weighted by Crippen LogP contribution is -2.47. The number of furan rings is 1. The van der Waals surface area contributed by atoms with E-state index in [4.69, 9.17) is 9.52 Å². The Kier molecular flexibility index (Phi) is 3.50. The second-order valence-corrected chi connectivity index (χ2v) is 5.30. The minimum atomic E-state index is -1.11. The number of carbonyl (C=O) groups excluding carboxylic acids is 1. The Balaban J connectivity index is 1.91. The summed E-state index contributed by atoms with van der Waals surface area (Å²) in [5, 5.41) is 11.5. The molecule has 0 saturated carbocycles. The maximum absolute atomic E-state index is 12.0. The average molecular weight is 266 g/mol. The van der Waals surface area contributed by atoms with Crippen molar-refractivity contribution in [3.8, 4) is 0 Å². The molecule has 104 valence electrons. The van der Waals surface area contributed by atoms with Gasteiger partial charge in [-0.1, -0.05) is 0 Å². The van der Waals surface area contributed by atoms with E-state index in [2.05, 4.69) is 5.32 Å². The molecule has 0 aromatic carbocycles. The summed E-state index contributed by atoms with van der Waals surface area (Å²) < 4.78 is 5.08. The predicted octanol–water partition coefficient (Wildman–Crippen LogP) is 2.06. The summed E-state index contributed by atoms with van der Waals surface area (Å²) in [4.78, 5) is 24.5. The molecule has 19 heavy (non-hydrogen) atoms. The molecular formula is C13H18N2O4. The van der Waals surface area contributed by atoms with Gasteiger partial charge in [0.2, 0.25) is 5.76 Å². The number of carboxylic acid groups (broad SMARTS) is 1. The summed E-state index contributed by atoms with van der Waals surface area (Å²) in [7, 11) is 0. The van der Waals surface area contributed by atoms with Gasteiger partial charge in [0.05, 0.1) is 6.54 Å². The number of urea groups is 1. The molecule has 0 radical (unpaired) electrons. The molecule has 2 heterocycles. The zero-order valence-corrected chi connectivity index (χ0v) is 11.1. The van der Waals surface area contributed by atoms with Gasteiger partial charge in [0.1, 0.15) is 5.76 Å². The van der Waals surface area contributed by atoms with Crippen LogP contribution in [0.5, 0.6) is 0 Å². The molecule has 0 aliphatic carbocycles. The maximum atomic E-state index is 12.0. The van der Waals surface area contributed by atoms with Gasteiger partial charge in [-0.25, -0.2) is 9.59 Å². The highest BCUT2D eigenvalue weighted by Gasteiger charge is 2.35. The summed E-state index contributed by atoms with van der Waals surface area (Å²) in [5.74, 6) is -0.799. The second-order valence-electron chi connectivity index (χ2n) is 5.30. The lowest BCUT2D eigenvalue weighted by atomic mass is 10.0. The number of nitrogens with zero attached hydrogens (tertiary/aromatic N) is 1. The highest BCUT2D eigenvalue weighted by molar-refractivity contribution is 5.84. The smallest absolute Gasteiger partial charge is 0.371 e. The van der Waals surface area contributed by atoms with E-state index < -0.39 is 5.97 Å². The van der Waals surface area contributed by atoms with Gasteiger partial charge in [0, 0.05) is 12.1 Å². The van der Waals surface area contributed by atoms with Crippen molar-refractivity contribution in [1.82, 2.24) is 10.2 Å². The molecule has 1 aliphatic rings. The summed E-state index contributed by atoms with van der Waals surface area (Å²) in [6.07, 6.45) is 1.99. The topological polar surface area (TPSA) is 82.8 Å². The Hall–Kier alpha value is -1.98. The molecule has 2 N–H and O–H groups in total. The number of carboxylic acids is 1. The van der Waals surface area contributed by atoms with Crippen molar-refractivity contribution >= 4 is 12.0 Å². The SMILES string of the molecule is CC1(C)CCCN1C(=O)NCc1ccc(C(=O)O)o1. The van der Waals surface area contributed by atoms with Crippen molar-refractivity contribution in [2.24, 2.45) is 0 Å². The van der Waals surface area contributed by atoms with E-state index in [9.17, 15) is 9.59 Å². The van der Waals surface area contributed by atoms with Gasteiger partial charge in [-0.05, 0) is 38.8 Å². The summed E-state index contributed by atoms with van der Waals surface area (Å²) in [6.45, 7) is 5.01. The minimum absolute atomic E-state index is 0.120. The fourth-order valence-corrected chi connectivity index (χ4v) is 2.33. The van der Waals surface area contributed by atoms with Crippen LogP contribution < -0.4 is 5.32 Å². The van der Waals surface area contributed by atoms with E-state index in [0.29, 0.717) is 5.76 Å². The Morgan fingerprint density at radius 1 is 1.47 bits per heavy atom. The Labute approximate surface area is 111 Å². The van der Waals surface area contributed by atoms with Gasteiger partial charge < -0.3 is 19.7 Å².